The quantitative estimate of drug-likeness (QED) is 0.625. The molecule has 0 saturated heterocycles. The Kier molecular flexibility index (Phi) is 4.81. The van der Waals surface area contributed by atoms with E-state index in [1.54, 1.807) is 24.3 Å². The number of ether oxygens (including phenoxy) is 1. The van der Waals surface area contributed by atoms with Crippen molar-refractivity contribution in [1.82, 2.24) is 9.97 Å². The standard InChI is InChI=1S/C13H11Br2ClN2O/c1-7(2)13-17-11(15)6-12(18-13)19-10-4-3-8(16)5-9(10)14/h3-7H,1-2H3. The van der Waals surface area contributed by atoms with Crippen molar-refractivity contribution in [3.8, 4) is 11.6 Å². The van der Waals surface area contributed by atoms with Gasteiger partial charge in [-0.3, -0.25) is 0 Å². The number of benzene rings is 1. The molecule has 0 N–H and O–H groups in total. The number of aromatic nitrogens is 2. The van der Waals surface area contributed by atoms with Crippen molar-refractivity contribution < 1.29 is 4.74 Å². The fourth-order valence-corrected chi connectivity index (χ4v) is 2.54. The molecule has 19 heavy (non-hydrogen) atoms. The van der Waals surface area contributed by atoms with Gasteiger partial charge in [-0.1, -0.05) is 25.4 Å². The molecular formula is C13H11Br2ClN2O. The van der Waals surface area contributed by atoms with Gasteiger partial charge >= 0.3 is 0 Å². The predicted octanol–water partition coefficient (Wildman–Crippen LogP) is 5.57. The van der Waals surface area contributed by atoms with E-state index in [1.807, 2.05) is 13.8 Å². The topological polar surface area (TPSA) is 35.0 Å². The van der Waals surface area contributed by atoms with E-state index in [0.717, 1.165) is 10.3 Å². The Balaban J connectivity index is 2.32. The summed E-state index contributed by atoms with van der Waals surface area (Å²) in [5, 5.41) is 0.644. The zero-order valence-electron chi connectivity index (χ0n) is 10.3. The molecule has 0 aliphatic carbocycles. The zero-order chi connectivity index (χ0) is 14.0. The van der Waals surface area contributed by atoms with E-state index in [1.165, 1.54) is 0 Å². The fraction of sp³-hybridized carbons (Fsp3) is 0.231. The molecule has 0 radical (unpaired) electrons. The summed E-state index contributed by atoms with van der Waals surface area (Å²) in [5.41, 5.74) is 0. The van der Waals surface area contributed by atoms with Crippen LogP contribution < -0.4 is 4.74 Å². The lowest BCUT2D eigenvalue weighted by molar-refractivity contribution is 0.453. The van der Waals surface area contributed by atoms with Gasteiger partial charge in [0, 0.05) is 17.0 Å². The van der Waals surface area contributed by atoms with Crippen molar-refractivity contribution >= 4 is 43.5 Å². The van der Waals surface area contributed by atoms with Gasteiger partial charge in [0.1, 0.15) is 16.2 Å². The average Bonchev–Trinajstić information content (AvgIpc) is 2.32. The highest BCUT2D eigenvalue weighted by Crippen LogP contribution is 2.32. The third kappa shape index (κ3) is 3.91. The van der Waals surface area contributed by atoms with Gasteiger partial charge in [-0.25, -0.2) is 4.98 Å². The van der Waals surface area contributed by atoms with Gasteiger partial charge in [-0.2, -0.15) is 4.98 Å². The van der Waals surface area contributed by atoms with Crippen LogP contribution >= 0.6 is 43.5 Å². The first kappa shape index (κ1) is 14.8. The second kappa shape index (κ2) is 6.20. The summed E-state index contributed by atoms with van der Waals surface area (Å²) < 4.78 is 7.23. The van der Waals surface area contributed by atoms with E-state index in [2.05, 4.69) is 41.8 Å². The molecular weight excluding hydrogens is 395 g/mol. The van der Waals surface area contributed by atoms with E-state index >= 15 is 0 Å². The molecule has 2 aromatic rings. The molecule has 0 unspecified atom stereocenters. The van der Waals surface area contributed by atoms with E-state index in [0.29, 0.717) is 21.3 Å². The van der Waals surface area contributed by atoms with Gasteiger partial charge in [0.2, 0.25) is 5.88 Å². The summed E-state index contributed by atoms with van der Waals surface area (Å²) >= 11 is 12.7. The Labute approximate surface area is 133 Å². The summed E-state index contributed by atoms with van der Waals surface area (Å²) in [4.78, 5) is 8.68. The van der Waals surface area contributed by atoms with Crippen LogP contribution in [-0.4, -0.2) is 9.97 Å². The van der Waals surface area contributed by atoms with Crippen LogP contribution in [0.3, 0.4) is 0 Å². The van der Waals surface area contributed by atoms with Crippen molar-refractivity contribution in [2.75, 3.05) is 0 Å². The van der Waals surface area contributed by atoms with Gasteiger partial charge in [0.05, 0.1) is 4.47 Å². The smallest absolute Gasteiger partial charge is 0.223 e. The van der Waals surface area contributed by atoms with Crippen LogP contribution in [0.15, 0.2) is 33.3 Å². The first-order valence-corrected chi connectivity index (χ1v) is 7.59. The average molecular weight is 407 g/mol. The first-order valence-electron chi connectivity index (χ1n) is 5.63. The Morgan fingerprint density at radius 3 is 2.53 bits per heavy atom. The molecule has 0 fully saturated rings. The number of nitrogens with zero attached hydrogens (tertiary/aromatic N) is 2. The Bertz CT molecular complexity index is 605. The third-order valence-electron chi connectivity index (χ3n) is 2.31. The van der Waals surface area contributed by atoms with Gasteiger partial charge in [0.15, 0.2) is 0 Å². The van der Waals surface area contributed by atoms with Crippen molar-refractivity contribution in [2.45, 2.75) is 19.8 Å². The summed E-state index contributed by atoms with van der Waals surface area (Å²) in [6, 6.07) is 7.06. The lowest BCUT2D eigenvalue weighted by Crippen LogP contribution is -2.00. The molecule has 3 nitrogen and oxygen atoms in total. The highest BCUT2D eigenvalue weighted by Gasteiger charge is 2.10. The van der Waals surface area contributed by atoms with E-state index < -0.39 is 0 Å². The Morgan fingerprint density at radius 2 is 1.89 bits per heavy atom. The molecule has 0 aliphatic rings. The molecule has 100 valence electrons. The number of halogens is 3. The SMILES string of the molecule is CC(C)c1nc(Br)cc(Oc2ccc(Cl)cc2Br)n1. The summed E-state index contributed by atoms with van der Waals surface area (Å²) in [6.07, 6.45) is 0. The highest BCUT2D eigenvalue weighted by atomic mass is 79.9. The molecule has 0 atom stereocenters. The van der Waals surface area contributed by atoms with Gasteiger partial charge < -0.3 is 4.74 Å². The van der Waals surface area contributed by atoms with Crippen LogP contribution in [0.4, 0.5) is 0 Å². The lowest BCUT2D eigenvalue weighted by atomic mass is 10.2. The number of hydrogen-bond acceptors (Lipinski definition) is 3. The second-order valence-electron chi connectivity index (χ2n) is 4.22. The fourth-order valence-electron chi connectivity index (χ4n) is 1.39. The Hall–Kier alpha value is -0.650. The van der Waals surface area contributed by atoms with Crippen LogP contribution in [0, 0.1) is 0 Å². The molecule has 2 rings (SSSR count). The molecule has 0 aliphatic heterocycles. The largest absolute Gasteiger partial charge is 0.438 e. The molecule has 0 spiro atoms. The molecule has 6 heteroatoms. The third-order valence-corrected chi connectivity index (χ3v) is 3.57. The Morgan fingerprint density at radius 1 is 1.16 bits per heavy atom. The monoisotopic (exact) mass is 404 g/mol. The molecule has 1 aromatic carbocycles. The minimum absolute atomic E-state index is 0.230. The normalized spacial score (nSPS) is 10.8. The first-order chi connectivity index (χ1) is 8.95. The van der Waals surface area contributed by atoms with E-state index in [4.69, 9.17) is 16.3 Å². The van der Waals surface area contributed by atoms with Crippen molar-refractivity contribution in [2.24, 2.45) is 0 Å². The minimum Gasteiger partial charge on any atom is -0.438 e. The zero-order valence-corrected chi connectivity index (χ0v) is 14.3. The van der Waals surface area contributed by atoms with Crippen LogP contribution in [0.25, 0.3) is 0 Å². The van der Waals surface area contributed by atoms with Gasteiger partial charge in [0.25, 0.3) is 0 Å². The summed E-state index contributed by atoms with van der Waals surface area (Å²) in [6.45, 7) is 4.06. The van der Waals surface area contributed by atoms with Crippen molar-refractivity contribution in [3.63, 3.8) is 0 Å². The molecule has 0 bridgehead atoms. The van der Waals surface area contributed by atoms with Crippen LogP contribution in [0.5, 0.6) is 11.6 Å². The lowest BCUT2D eigenvalue weighted by Gasteiger charge is -2.10. The maximum absolute atomic E-state index is 5.89. The second-order valence-corrected chi connectivity index (χ2v) is 6.32. The predicted molar refractivity (Wildman–Crippen MR) is 83.0 cm³/mol. The molecule has 1 aromatic heterocycles. The molecule has 0 saturated carbocycles. The number of hydrogen-bond donors (Lipinski definition) is 0. The van der Waals surface area contributed by atoms with Crippen LogP contribution in [-0.2, 0) is 0 Å². The van der Waals surface area contributed by atoms with Crippen LogP contribution in [0.2, 0.25) is 5.02 Å². The van der Waals surface area contributed by atoms with Crippen molar-refractivity contribution in [1.29, 1.82) is 0 Å². The summed E-state index contributed by atoms with van der Waals surface area (Å²) in [5.74, 6) is 2.11. The van der Waals surface area contributed by atoms with E-state index in [9.17, 15) is 0 Å². The minimum atomic E-state index is 0.230. The maximum atomic E-state index is 5.89. The van der Waals surface area contributed by atoms with Gasteiger partial charge in [-0.05, 0) is 50.1 Å². The number of rotatable bonds is 3. The van der Waals surface area contributed by atoms with E-state index in [-0.39, 0.29) is 5.92 Å². The molecule has 0 amide bonds. The van der Waals surface area contributed by atoms with Crippen molar-refractivity contribution in [3.05, 3.63) is 44.2 Å². The maximum Gasteiger partial charge on any atom is 0.223 e. The summed E-state index contributed by atoms with van der Waals surface area (Å²) in [7, 11) is 0. The van der Waals surface area contributed by atoms with Gasteiger partial charge in [-0.15, -0.1) is 0 Å². The highest BCUT2D eigenvalue weighted by molar-refractivity contribution is 9.10. The van der Waals surface area contributed by atoms with Crippen LogP contribution in [0.1, 0.15) is 25.6 Å². The molecule has 1 heterocycles.